The maximum absolute atomic E-state index is 9.11. The lowest BCUT2D eigenvalue weighted by Crippen LogP contribution is -2.24. The molecule has 0 bridgehead atoms. The van der Waals surface area contributed by atoms with Gasteiger partial charge in [0.15, 0.2) is 0 Å². The number of aliphatic imine (C=N–C) groups is 1. The summed E-state index contributed by atoms with van der Waals surface area (Å²) in [6, 6.07) is 26.7. The zero-order valence-corrected chi connectivity index (χ0v) is 15.8. The second-order valence-corrected chi connectivity index (χ2v) is 7.07. The van der Waals surface area contributed by atoms with Crippen molar-refractivity contribution in [3.8, 4) is 12.1 Å². The van der Waals surface area contributed by atoms with Crippen LogP contribution in [-0.2, 0) is 4.75 Å². The second-order valence-electron chi connectivity index (χ2n) is 5.84. The lowest BCUT2D eigenvalue weighted by atomic mass is 9.83. The van der Waals surface area contributed by atoms with Crippen molar-refractivity contribution in [3.05, 3.63) is 101 Å². The topological polar surface area (TPSA) is 59.9 Å². The molecule has 0 saturated heterocycles. The molecule has 0 radical (unpaired) electrons. The van der Waals surface area contributed by atoms with E-state index in [1.54, 1.807) is 24.3 Å². The van der Waals surface area contributed by atoms with Gasteiger partial charge in [-0.2, -0.15) is 10.5 Å². The molecule has 0 unspecified atom stereocenters. The molecule has 3 aromatic rings. The van der Waals surface area contributed by atoms with Gasteiger partial charge in [-0.3, -0.25) is 4.99 Å². The minimum atomic E-state index is -0.705. The number of nitriles is 2. The van der Waals surface area contributed by atoms with E-state index in [4.69, 9.17) is 21.2 Å². The van der Waals surface area contributed by atoms with Crippen molar-refractivity contribution in [1.29, 1.82) is 10.5 Å². The third-order valence-electron chi connectivity index (χ3n) is 4.41. The average molecular weight is 388 g/mol. The minimum Gasteiger partial charge on any atom is -0.265 e. The summed E-state index contributed by atoms with van der Waals surface area (Å²) < 4.78 is -0.705. The fourth-order valence-electron chi connectivity index (χ4n) is 2.99. The molecule has 0 N–H and O–H groups in total. The standard InChI is InChI=1S/C22H14ClN3S/c1-26-21-12-10-20(11-13-21)22(27-23,18-6-2-16(14-24)3-7-18)19-8-4-17(15-25)5-9-19/h2-13H,1H2. The van der Waals surface area contributed by atoms with Gasteiger partial charge in [0, 0.05) is 0 Å². The lowest BCUT2D eigenvalue weighted by molar-refractivity contribution is 0.902. The molecule has 0 heterocycles. The average Bonchev–Trinajstić information content (AvgIpc) is 2.76. The first-order valence-electron chi connectivity index (χ1n) is 8.06. The van der Waals surface area contributed by atoms with Gasteiger partial charge in [-0.05, 0) is 81.5 Å². The zero-order chi connectivity index (χ0) is 19.3. The van der Waals surface area contributed by atoms with Gasteiger partial charge in [0.05, 0.1) is 29.0 Å². The van der Waals surface area contributed by atoms with Gasteiger partial charge >= 0.3 is 0 Å². The highest BCUT2D eigenvalue weighted by molar-refractivity contribution is 8.22. The third-order valence-corrected chi connectivity index (χ3v) is 6.05. The van der Waals surface area contributed by atoms with Crippen molar-refractivity contribution in [2.75, 3.05) is 0 Å². The van der Waals surface area contributed by atoms with Gasteiger partial charge < -0.3 is 0 Å². The van der Waals surface area contributed by atoms with Crippen LogP contribution in [0.4, 0.5) is 5.69 Å². The Balaban J connectivity index is 2.26. The van der Waals surface area contributed by atoms with E-state index >= 15 is 0 Å². The van der Waals surface area contributed by atoms with Crippen LogP contribution in [0.2, 0.25) is 0 Å². The lowest BCUT2D eigenvalue weighted by Gasteiger charge is -2.33. The Labute approximate surface area is 167 Å². The second kappa shape index (κ2) is 8.10. The van der Waals surface area contributed by atoms with Gasteiger partial charge in [-0.25, -0.2) is 0 Å². The van der Waals surface area contributed by atoms with E-state index < -0.39 is 4.75 Å². The molecule has 0 spiro atoms. The largest absolute Gasteiger partial charge is 0.265 e. The molecule has 0 aliphatic rings. The number of hydrogen-bond acceptors (Lipinski definition) is 4. The number of halogens is 1. The number of benzene rings is 3. The fourth-order valence-corrected chi connectivity index (χ4v) is 4.47. The Bertz CT molecular complexity index is 970. The van der Waals surface area contributed by atoms with Crippen molar-refractivity contribution in [3.63, 3.8) is 0 Å². The van der Waals surface area contributed by atoms with Crippen LogP contribution < -0.4 is 0 Å². The molecule has 3 nitrogen and oxygen atoms in total. The molecule has 0 aliphatic carbocycles. The van der Waals surface area contributed by atoms with Crippen molar-refractivity contribution in [2.24, 2.45) is 4.99 Å². The Morgan fingerprint density at radius 1 is 0.741 bits per heavy atom. The zero-order valence-electron chi connectivity index (χ0n) is 14.3. The molecule has 0 saturated carbocycles. The van der Waals surface area contributed by atoms with Crippen LogP contribution in [0.3, 0.4) is 0 Å². The third kappa shape index (κ3) is 3.46. The summed E-state index contributed by atoms with van der Waals surface area (Å²) in [7, 11) is 7.68. The van der Waals surface area contributed by atoms with Gasteiger partial charge in [0.1, 0.15) is 4.75 Å². The van der Waals surface area contributed by atoms with Gasteiger partial charge in [0.25, 0.3) is 0 Å². The maximum atomic E-state index is 9.11. The van der Waals surface area contributed by atoms with Gasteiger partial charge in [-0.1, -0.05) is 36.4 Å². The van der Waals surface area contributed by atoms with E-state index in [9.17, 15) is 0 Å². The molecular weight excluding hydrogens is 374 g/mol. The minimum absolute atomic E-state index is 0.582. The summed E-state index contributed by atoms with van der Waals surface area (Å²) in [6.07, 6.45) is 0. The number of rotatable bonds is 5. The highest BCUT2D eigenvalue weighted by Gasteiger charge is 2.37. The maximum Gasteiger partial charge on any atom is 0.106 e. The Morgan fingerprint density at radius 3 is 1.41 bits per heavy atom. The molecule has 3 rings (SSSR count). The first kappa shape index (κ1) is 18.7. The quantitative estimate of drug-likeness (QED) is 0.402. The van der Waals surface area contributed by atoms with E-state index in [1.165, 1.54) is 11.0 Å². The number of hydrogen-bond donors (Lipinski definition) is 0. The van der Waals surface area contributed by atoms with Crippen LogP contribution in [0.25, 0.3) is 0 Å². The molecule has 5 heteroatoms. The predicted octanol–water partition coefficient (Wildman–Crippen LogP) is 5.94. The van der Waals surface area contributed by atoms with E-state index in [2.05, 4.69) is 23.8 Å². The highest BCUT2D eigenvalue weighted by atomic mass is 35.7. The summed E-state index contributed by atoms with van der Waals surface area (Å²) in [5.74, 6) is 0. The van der Waals surface area contributed by atoms with Crippen LogP contribution in [0, 0.1) is 22.7 Å². The summed E-state index contributed by atoms with van der Waals surface area (Å²) in [4.78, 5) is 3.95. The Hall–Kier alpha value is -3.05. The van der Waals surface area contributed by atoms with E-state index in [-0.39, 0.29) is 0 Å². The first-order valence-corrected chi connectivity index (χ1v) is 9.70. The normalized spacial score (nSPS) is 10.6. The van der Waals surface area contributed by atoms with Crippen LogP contribution in [0.1, 0.15) is 27.8 Å². The molecule has 0 amide bonds. The molecule has 0 fully saturated rings. The smallest absolute Gasteiger partial charge is 0.106 e. The Morgan fingerprint density at radius 2 is 1.11 bits per heavy atom. The molecule has 130 valence electrons. The summed E-state index contributed by atoms with van der Waals surface area (Å²) >= 11 is 0. The van der Waals surface area contributed by atoms with E-state index in [1.807, 2.05) is 48.5 Å². The van der Waals surface area contributed by atoms with Crippen LogP contribution >= 0.6 is 21.7 Å². The SMILES string of the molecule is C=Nc1ccc(C(SCl)(c2ccc(C#N)cc2)c2ccc(C#N)cc2)cc1. The molecule has 3 aromatic carbocycles. The molecular formula is C22H14ClN3S. The van der Waals surface area contributed by atoms with E-state index in [0.29, 0.717) is 11.1 Å². The van der Waals surface area contributed by atoms with Crippen molar-refractivity contribution < 1.29 is 0 Å². The summed E-state index contributed by atoms with van der Waals surface area (Å²) in [6.45, 7) is 3.55. The number of nitrogens with zero attached hydrogens (tertiary/aromatic N) is 3. The molecule has 0 aromatic heterocycles. The van der Waals surface area contributed by atoms with E-state index in [0.717, 1.165) is 22.4 Å². The Kier molecular flexibility index (Phi) is 5.62. The van der Waals surface area contributed by atoms with Gasteiger partial charge in [0.2, 0.25) is 0 Å². The van der Waals surface area contributed by atoms with Crippen molar-refractivity contribution >= 4 is 34.1 Å². The summed E-state index contributed by atoms with van der Waals surface area (Å²) in [5, 5.41) is 18.2. The van der Waals surface area contributed by atoms with Crippen LogP contribution in [-0.4, -0.2) is 6.72 Å². The molecule has 27 heavy (non-hydrogen) atoms. The van der Waals surface area contributed by atoms with Crippen LogP contribution in [0.5, 0.6) is 0 Å². The van der Waals surface area contributed by atoms with Gasteiger partial charge in [-0.15, -0.1) is 0 Å². The highest BCUT2D eigenvalue weighted by Crippen LogP contribution is 2.50. The monoisotopic (exact) mass is 387 g/mol. The van der Waals surface area contributed by atoms with Crippen molar-refractivity contribution in [2.45, 2.75) is 4.75 Å². The van der Waals surface area contributed by atoms with Crippen LogP contribution in [0.15, 0.2) is 77.8 Å². The summed E-state index contributed by atoms with van der Waals surface area (Å²) in [5.41, 5.74) is 4.77. The molecule has 0 atom stereocenters. The fraction of sp³-hybridized carbons (Fsp3) is 0.0455. The van der Waals surface area contributed by atoms with Crippen molar-refractivity contribution in [1.82, 2.24) is 0 Å². The first-order chi connectivity index (χ1) is 13.2. The predicted molar refractivity (Wildman–Crippen MR) is 111 cm³/mol. The molecule has 0 aliphatic heterocycles.